The average Bonchev–Trinajstić information content (AvgIpc) is 2.70. The van der Waals surface area contributed by atoms with E-state index in [0.29, 0.717) is 24.4 Å². The largest absolute Gasteiger partial charge is 0.478 e. The van der Waals surface area contributed by atoms with Crippen LogP contribution in [0, 0.1) is 0 Å². The zero-order valence-electron chi connectivity index (χ0n) is 17.1. The lowest BCUT2D eigenvalue weighted by molar-refractivity contribution is 0.0152. The van der Waals surface area contributed by atoms with Crippen molar-refractivity contribution >= 4 is 0 Å². The monoisotopic (exact) mass is 381 g/mol. The van der Waals surface area contributed by atoms with Crippen LogP contribution in [0.25, 0.3) is 0 Å². The Morgan fingerprint density at radius 1 is 1.25 bits per heavy atom. The summed E-state index contributed by atoms with van der Waals surface area (Å²) in [5.74, 6) is 1.96. The topological polar surface area (TPSA) is 46.6 Å². The molecule has 5 nitrogen and oxygen atoms in total. The van der Waals surface area contributed by atoms with Gasteiger partial charge in [-0.3, -0.25) is 4.90 Å². The van der Waals surface area contributed by atoms with Gasteiger partial charge in [0.25, 0.3) is 5.88 Å². The van der Waals surface area contributed by atoms with Crippen molar-refractivity contribution in [1.29, 1.82) is 0 Å². The van der Waals surface area contributed by atoms with Crippen LogP contribution in [0.15, 0.2) is 42.6 Å². The highest BCUT2D eigenvalue weighted by Gasteiger charge is 2.32. The van der Waals surface area contributed by atoms with Crippen molar-refractivity contribution in [2.45, 2.75) is 51.3 Å². The number of piperazine rings is 1. The Labute approximate surface area is 168 Å². The zero-order valence-corrected chi connectivity index (χ0v) is 17.1. The van der Waals surface area contributed by atoms with Crippen LogP contribution in [-0.2, 0) is 6.54 Å². The first-order valence-corrected chi connectivity index (χ1v) is 10.3. The van der Waals surface area contributed by atoms with Crippen LogP contribution in [0.5, 0.6) is 11.6 Å². The van der Waals surface area contributed by atoms with Crippen LogP contribution in [0.1, 0.15) is 44.2 Å². The van der Waals surface area contributed by atoms with E-state index in [4.69, 9.17) is 9.47 Å². The lowest BCUT2D eigenvalue weighted by Gasteiger charge is -2.39. The molecule has 2 unspecified atom stereocenters. The molecule has 4 rings (SSSR count). The van der Waals surface area contributed by atoms with Gasteiger partial charge in [-0.1, -0.05) is 37.3 Å². The van der Waals surface area contributed by atoms with Gasteiger partial charge < -0.3 is 14.8 Å². The Bertz CT molecular complexity index is 794. The minimum absolute atomic E-state index is 0.324. The molecule has 28 heavy (non-hydrogen) atoms. The summed E-state index contributed by atoms with van der Waals surface area (Å²) in [6.45, 7) is 10.9. The second-order valence-corrected chi connectivity index (χ2v) is 8.63. The van der Waals surface area contributed by atoms with Crippen molar-refractivity contribution in [1.82, 2.24) is 15.2 Å². The van der Waals surface area contributed by atoms with Crippen molar-refractivity contribution in [3.63, 3.8) is 0 Å². The summed E-state index contributed by atoms with van der Waals surface area (Å²) in [7, 11) is 0. The summed E-state index contributed by atoms with van der Waals surface area (Å²) < 4.78 is 12.1. The molecule has 150 valence electrons. The third kappa shape index (κ3) is 4.31. The van der Waals surface area contributed by atoms with Crippen LogP contribution in [-0.4, -0.2) is 47.8 Å². The highest BCUT2D eigenvalue weighted by molar-refractivity contribution is 5.43. The van der Waals surface area contributed by atoms with E-state index in [2.05, 4.69) is 72.4 Å². The first-order chi connectivity index (χ1) is 13.5. The van der Waals surface area contributed by atoms with Crippen molar-refractivity contribution in [2.75, 3.05) is 26.2 Å². The summed E-state index contributed by atoms with van der Waals surface area (Å²) in [6.07, 6.45) is 2.97. The molecule has 5 heteroatoms. The van der Waals surface area contributed by atoms with Crippen molar-refractivity contribution in [3.8, 4) is 11.6 Å². The maximum absolute atomic E-state index is 6.25. The number of pyridine rings is 1. The van der Waals surface area contributed by atoms with E-state index in [9.17, 15) is 0 Å². The molecule has 0 radical (unpaired) electrons. The van der Waals surface area contributed by atoms with Crippen LogP contribution < -0.4 is 14.8 Å². The van der Waals surface area contributed by atoms with Crippen molar-refractivity contribution in [3.05, 3.63) is 53.7 Å². The fraction of sp³-hybridized carbons (Fsp3) is 0.522. The number of nitrogens with zero attached hydrogens (tertiary/aromatic N) is 2. The molecule has 0 aliphatic carbocycles. The van der Waals surface area contributed by atoms with Gasteiger partial charge in [-0.2, -0.15) is 0 Å². The minimum Gasteiger partial charge on any atom is -0.478 e. The summed E-state index contributed by atoms with van der Waals surface area (Å²) in [6, 6.07) is 13.4. The van der Waals surface area contributed by atoms with Gasteiger partial charge in [0, 0.05) is 44.0 Å². The molecule has 2 aliphatic heterocycles. The number of nitrogens with one attached hydrogen (secondary N) is 1. The van der Waals surface area contributed by atoms with Gasteiger partial charge in [0.1, 0.15) is 12.2 Å². The number of fused-ring (bicyclic) bond motifs is 1. The predicted octanol–water partition coefficient (Wildman–Crippen LogP) is 3.60. The van der Waals surface area contributed by atoms with E-state index in [1.807, 2.05) is 6.20 Å². The SMILES string of the molecule is CC(CC1CNCCN1Cc1ccnc2c1OC(C)(C)CO2)c1ccccc1. The van der Waals surface area contributed by atoms with Crippen molar-refractivity contribution < 1.29 is 9.47 Å². The Kier molecular flexibility index (Phi) is 5.56. The highest BCUT2D eigenvalue weighted by atomic mass is 16.6. The normalized spacial score (nSPS) is 22.6. The average molecular weight is 382 g/mol. The van der Waals surface area contributed by atoms with Gasteiger partial charge in [0.2, 0.25) is 0 Å². The van der Waals surface area contributed by atoms with E-state index in [0.717, 1.165) is 43.9 Å². The fourth-order valence-electron chi connectivity index (χ4n) is 4.14. The molecule has 1 aromatic carbocycles. The second-order valence-electron chi connectivity index (χ2n) is 8.63. The molecular weight excluding hydrogens is 350 g/mol. The number of benzene rings is 1. The van der Waals surface area contributed by atoms with Gasteiger partial charge in [-0.15, -0.1) is 0 Å². The van der Waals surface area contributed by atoms with Gasteiger partial charge in [0.05, 0.1) is 0 Å². The zero-order chi connectivity index (χ0) is 19.6. The summed E-state index contributed by atoms with van der Waals surface area (Å²) in [5.41, 5.74) is 2.25. The molecule has 1 N–H and O–H groups in total. The summed E-state index contributed by atoms with van der Waals surface area (Å²) in [4.78, 5) is 6.95. The Morgan fingerprint density at radius 3 is 2.89 bits per heavy atom. The second kappa shape index (κ2) is 8.10. The predicted molar refractivity (Wildman–Crippen MR) is 111 cm³/mol. The lowest BCUT2D eigenvalue weighted by atomic mass is 9.92. The number of hydrogen-bond acceptors (Lipinski definition) is 5. The van der Waals surface area contributed by atoms with E-state index >= 15 is 0 Å². The summed E-state index contributed by atoms with van der Waals surface area (Å²) >= 11 is 0. The smallest absolute Gasteiger partial charge is 0.257 e. The molecule has 3 heterocycles. The maximum Gasteiger partial charge on any atom is 0.257 e. The number of rotatable bonds is 5. The molecule has 0 saturated carbocycles. The van der Waals surface area contributed by atoms with Gasteiger partial charge in [-0.25, -0.2) is 4.98 Å². The molecule has 0 bridgehead atoms. The molecule has 2 atom stereocenters. The lowest BCUT2D eigenvalue weighted by Crippen LogP contribution is -2.51. The number of aromatic nitrogens is 1. The van der Waals surface area contributed by atoms with E-state index < -0.39 is 0 Å². The van der Waals surface area contributed by atoms with Crippen LogP contribution in [0.3, 0.4) is 0 Å². The third-order valence-electron chi connectivity index (χ3n) is 5.73. The Morgan fingerprint density at radius 2 is 2.07 bits per heavy atom. The Hall–Kier alpha value is -2.11. The van der Waals surface area contributed by atoms with E-state index in [1.54, 1.807) is 0 Å². The summed E-state index contributed by atoms with van der Waals surface area (Å²) in [5, 5.41) is 3.57. The van der Waals surface area contributed by atoms with Crippen molar-refractivity contribution in [2.24, 2.45) is 0 Å². The third-order valence-corrected chi connectivity index (χ3v) is 5.73. The van der Waals surface area contributed by atoms with Gasteiger partial charge in [-0.05, 0) is 37.8 Å². The standard InChI is InChI=1S/C23H31N3O2/c1-17(18-7-5-4-6-8-18)13-20-14-24-11-12-26(20)15-19-9-10-25-22-21(19)28-23(2,3)16-27-22/h4-10,17,20,24H,11-16H2,1-3H3. The minimum atomic E-state index is -0.324. The molecule has 0 amide bonds. The molecule has 1 saturated heterocycles. The first kappa shape index (κ1) is 19.2. The van der Waals surface area contributed by atoms with Crippen LogP contribution in [0.4, 0.5) is 0 Å². The molecule has 1 aromatic heterocycles. The quantitative estimate of drug-likeness (QED) is 0.857. The Balaban J connectivity index is 1.50. The molecule has 1 fully saturated rings. The van der Waals surface area contributed by atoms with E-state index in [-0.39, 0.29) is 5.60 Å². The van der Waals surface area contributed by atoms with E-state index in [1.165, 1.54) is 5.56 Å². The molecule has 0 spiro atoms. The molecule has 2 aliphatic rings. The molecular formula is C23H31N3O2. The van der Waals surface area contributed by atoms with Gasteiger partial charge >= 0.3 is 0 Å². The molecule has 2 aromatic rings. The fourth-order valence-corrected chi connectivity index (χ4v) is 4.14. The van der Waals surface area contributed by atoms with Crippen LogP contribution >= 0.6 is 0 Å². The highest BCUT2D eigenvalue weighted by Crippen LogP contribution is 2.37. The first-order valence-electron chi connectivity index (χ1n) is 10.3. The number of hydrogen-bond donors (Lipinski definition) is 1. The van der Waals surface area contributed by atoms with Crippen LogP contribution in [0.2, 0.25) is 0 Å². The number of ether oxygens (including phenoxy) is 2. The maximum atomic E-state index is 6.25. The van der Waals surface area contributed by atoms with Gasteiger partial charge in [0.15, 0.2) is 5.75 Å².